The van der Waals surface area contributed by atoms with Crippen molar-refractivity contribution in [2.45, 2.75) is 58.5 Å². The van der Waals surface area contributed by atoms with Gasteiger partial charge in [-0.1, -0.05) is 20.8 Å². The van der Waals surface area contributed by atoms with Crippen molar-refractivity contribution in [1.82, 2.24) is 9.78 Å². The second-order valence-electron chi connectivity index (χ2n) is 5.84. The molecule has 0 saturated carbocycles. The quantitative estimate of drug-likeness (QED) is 0.788. The van der Waals surface area contributed by atoms with Crippen molar-refractivity contribution < 1.29 is 0 Å². The summed E-state index contributed by atoms with van der Waals surface area (Å²) in [6.45, 7) is 11.0. The van der Waals surface area contributed by atoms with Crippen molar-refractivity contribution in [1.29, 1.82) is 0 Å². The first kappa shape index (κ1) is 12.0. The Morgan fingerprint density at radius 1 is 1.38 bits per heavy atom. The second-order valence-corrected chi connectivity index (χ2v) is 6.63. The van der Waals surface area contributed by atoms with Gasteiger partial charge in [0.25, 0.3) is 0 Å². The van der Waals surface area contributed by atoms with Crippen molar-refractivity contribution >= 4 is 21.7 Å². The summed E-state index contributed by atoms with van der Waals surface area (Å²) in [6.07, 6.45) is 1.13. The SMILES string of the molecule is CC1CC(C)n2nc(C(C)(C)C)c(Br)c2N1. The first-order valence-electron chi connectivity index (χ1n) is 5.85. The summed E-state index contributed by atoms with van der Waals surface area (Å²) < 4.78 is 3.24. The van der Waals surface area contributed by atoms with Gasteiger partial charge in [-0.05, 0) is 36.2 Å². The van der Waals surface area contributed by atoms with Crippen LogP contribution in [0, 0.1) is 0 Å². The van der Waals surface area contributed by atoms with E-state index in [-0.39, 0.29) is 5.41 Å². The molecule has 0 aliphatic carbocycles. The lowest BCUT2D eigenvalue weighted by Gasteiger charge is -2.28. The molecule has 90 valence electrons. The van der Waals surface area contributed by atoms with Gasteiger partial charge in [-0.15, -0.1) is 0 Å². The molecule has 2 atom stereocenters. The largest absolute Gasteiger partial charge is 0.367 e. The van der Waals surface area contributed by atoms with Gasteiger partial charge in [0, 0.05) is 11.5 Å². The van der Waals surface area contributed by atoms with E-state index in [1.807, 2.05) is 0 Å². The second kappa shape index (κ2) is 3.76. The standard InChI is InChI=1S/C12H20BrN3/c1-7-6-8(2)16-11(14-7)9(13)10(15-16)12(3,4)5/h7-8,14H,6H2,1-5H3. The molecule has 1 aromatic heterocycles. The number of rotatable bonds is 0. The Hall–Kier alpha value is -0.510. The molecular formula is C12H20BrN3. The van der Waals surface area contributed by atoms with Crippen molar-refractivity contribution in [2.24, 2.45) is 0 Å². The lowest BCUT2D eigenvalue weighted by Crippen LogP contribution is -2.28. The first-order valence-corrected chi connectivity index (χ1v) is 6.65. The first-order chi connectivity index (χ1) is 7.30. The number of nitrogens with one attached hydrogen (secondary N) is 1. The summed E-state index contributed by atoms with van der Waals surface area (Å²) in [5.41, 5.74) is 1.21. The van der Waals surface area contributed by atoms with Crippen LogP contribution in [-0.2, 0) is 5.41 Å². The molecule has 0 aromatic carbocycles. The summed E-state index contributed by atoms with van der Waals surface area (Å²) >= 11 is 3.68. The molecule has 1 aromatic rings. The summed E-state index contributed by atoms with van der Waals surface area (Å²) in [7, 11) is 0. The molecule has 1 N–H and O–H groups in total. The lowest BCUT2D eigenvalue weighted by molar-refractivity contribution is 0.405. The van der Waals surface area contributed by atoms with Gasteiger partial charge in [-0.2, -0.15) is 5.10 Å². The minimum absolute atomic E-state index is 0.0772. The number of aromatic nitrogens is 2. The van der Waals surface area contributed by atoms with Gasteiger partial charge < -0.3 is 5.32 Å². The van der Waals surface area contributed by atoms with Crippen LogP contribution >= 0.6 is 15.9 Å². The van der Waals surface area contributed by atoms with Crippen LogP contribution in [0.2, 0.25) is 0 Å². The molecule has 0 spiro atoms. The molecule has 0 saturated heterocycles. The average molecular weight is 286 g/mol. The zero-order valence-corrected chi connectivity index (χ0v) is 12.2. The van der Waals surface area contributed by atoms with Crippen LogP contribution in [0.4, 0.5) is 5.82 Å². The summed E-state index contributed by atoms with van der Waals surface area (Å²) in [5, 5.41) is 8.25. The molecule has 0 bridgehead atoms. The molecular weight excluding hydrogens is 266 g/mol. The van der Waals surface area contributed by atoms with E-state index < -0.39 is 0 Å². The van der Waals surface area contributed by atoms with E-state index in [0.717, 1.165) is 22.4 Å². The number of hydrogen-bond donors (Lipinski definition) is 1. The normalized spacial score (nSPS) is 25.1. The maximum Gasteiger partial charge on any atom is 0.139 e. The van der Waals surface area contributed by atoms with Gasteiger partial charge in [0.2, 0.25) is 0 Å². The Morgan fingerprint density at radius 3 is 2.56 bits per heavy atom. The fourth-order valence-electron chi connectivity index (χ4n) is 2.25. The number of nitrogens with zero attached hydrogens (tertiary/aromatic N) is 2. The lowest BCUT2D eigenvalue weighted by atomic mass is 9.92. The van der Waals surface area contributed by atoms with Gasteiger partial charge in [0.05, 0.1) is 16.2 Å². The third-order valence-corrected chi connectivity index (χ3v) is 3.81. The van der Waals surface area contributed by atoms with Crippen molar-refractivity contribution in [2.75, 3.05) is 5.32 Å². The van der Waals surface area contributed by atoms with Crippen LogP contribution in [0.3, 0.4) is 0 Å². The minimum Gasteiger partial charge on any atom is -0.367 e. The Balaban J connectivity index is 2.52. The van der Waals surface area contributed by atoms with Gasteiger partial charge in [-0.3, -0.25) is 0 Å². The van der Waals surface area contributed by atoms with E-state index in [4.69, 9.17) is 5.10 Å². The Kier molecular flexibility index (Phi) is 2.81. The van der Waals surface area contributed by atoms with Gasteiger partial charge >= 0.3 is 0 Å². The maximum atomic E-state index is 4.74. The van der Waals surface area contributed by atoms with E-state index in [0.29, 0.717) is 12.1 Å². The molecule has 0 radical (unpaired) electrons. The zero-order chi connectivity index (χ0) is 12.1. The smallest absolute Gasteiger partial charge is 0.139 e. The summed E-state index contributed by atoms with van der Waals surface area (Å²) in [6, 6.07) is 0.988. The van der Waals surface area contributed by atoms with Gasteiger partial charge in [-0.25, -0.2) is 4.68 Å². The third kappa shape index (κ3) is 1.88. The Bertz CT molecular complexity index is 403. The number of fused-ring (bicyclic) bond motifs is 1. The number of anilines is 1. The van der Waals surface area contributed by atoms with E-state index in [1.54, 1.807) is 0 Å². The van der Waals surface area contributed by atoms with E-state index in [1.165, 1.54) is 0 Å². The van der Waals surface area contributed by atoms with Crippen LogP contribution in [0.5, 0.6) is 0 Å². The van der Waals surface area contributed by atoms with E-state index in [2.05, 4.69) is 60.5 Å². The topological polar surface area (TPSA) is 29.9 Å². The highest BCUT2D eigenvalue weighted by atomic mass is 79.9. The Morgan fingerprint density at radius 2 is 2.00 bits per heavy atom. The van der Waals surface area contributed by atoms with Crippen LogP contribution in [0.15, 0.2) is 4.47 Å². The monoisotopic (exact) mass is 285 g/mol. The fraction of sp³-hybridized carbons (Fsp3) is 0.750. The molecule has 1 aliphatic rings. The van der Waals surface area contributed by atoms with Gasteiger partial charge in [0.15, 0.2) is 0 Å². The number of hydrogen-bond acceptors (Lipinski definition) is 2. The van der Waals surface area contributed by atoms with E-state index >= 15 is 0 Å². The molecule has 2 heterocycles. The zero-order valence-electron chi connectivity index (χ0n) is 10.6. The molecule has 16 heavy (non-hydrogen) atoms. The predicted octanol–water partition coefficient (Wildman–Crippen LogP) is 3.71. The fourth-order valence-corrected chi connectivity index (χ4v) is 3.22. The molecule has 3 nitrogen and oxygen atoms in total. The molecule has 2 unspecified atom stereocenters. The average Bonchev–Trinajstić information content (AvgIpc) is 2.43. The maximum absolute atomic E-state index is 4.74. The Labute approximate surface area is 106 Å². The van der Waals surface area contributed by atoms with E-state index in [9.17, 15) is 0 Å². The highest BCUT2D eigenvalue weighted by Gasteiger charge is 2.30. The van der Waals surface area contributed by atoms with Crippen LogP contribution in [-0.4, -0.2) is 15.8 Å². The van der Waals surface area contributed by atoms with Crippen molar-refractivity contribution in [3.63, 3.8) is 0 Å². The molecule has 2 rings (SSSR count). The predicted molar refractivity (Wildman–Crippen MR) is 71.0 cm³/mol. The third-order valence-electron chi connectivity index (χ3n) is 3.06. The highest BCUT2D eigenvalue weighted by Crippen LogP contribution is 2.39. The minimum atomic E-state index is 0.0772. The van der Waals surface area contributed by atoms with Crippen LogP contribution < -0.4 is 5.32 Å². The highest BCUT2D eigenvalue weighted by molar-refractivity contribution is 9.10. The van der Waals surface area contributed by atoms with Crippen LogP contribution in [0.1, 0.15) is 52.8 Å². The molecule has 0 fully saturated rings. The number of halogens is 1. The van der Waals surface area contributed by atoms with Crippen LogP contribution in [0.25, 0.3) is 0 Å². The van der Waals surface area contributed by atoms with Crippen molar-refractivity contribution in [3.8, 4) is 0 Å². The molecule has 1 aliphatic heterocycles. The molecule has 4 heteroatoms. The summed E-state index contributed by atoms with van der Waals surface area (Å²) in [5.74, 6) is 1.14. The molecule has 0 amide bonds. The van der Waals surface area contributed by atoms with Crippen molar-refractivity contribution in [3.05, 3.63) is 10.2 Å². The van der Waals surface area contributed by atoms with Gasteiger partial charge in [0.1, 0.15) is 5.82 Å². The summed E-state index contributed by atoms with van der Waals surface area (Å²) in [4.78, 5) is 0.